The minimum absolute atomic E-state index is 0.0696. The average Bonchev–Trinajstić information content (AvgIpc) is 3.21. The van der Waals surface area contributed by atoms with Crippen LogP contribution in [-0.4, -0.2) is 24.4 Å². The summed E-state index contributed by atoms with van der Waals surface area (Å²) in [6.07, 6.45) is 4.74. The molecule has 4 aromatic rings. The third kappa shape index (κ3) is 3.20. The third-order valence-corrected chi connectivity index (χ3v) is 6.70. The molecule has 0 amide bonds. The highest BCUT2D eigenvalue weighted by atomic mass is 79.9. The zero-order valence-electron chi connectivity index (χ0n) is 17.2. The highest BCUT2D eigenvalue weighted by Crippen LogP contribution is 2.45. The second kappa shape index (κ2) is 7.50. The van der Waals surface area contributed by atoms with E-state index in [4.69, 9.17) is 0 Å². The molecule has 1 N–H and O–H groups in total. The fourth-order valence-corrected chi connectivity index (χ4v) is 5.26. The Hall–Kier alpha value is -3.19. The number of aromatic hydroxyl groups is 1. The van der Waals surface area contributed by atoms with Crippen LogP contribution in [0, 0.1) is 13.8 Å². The monoisotopic (exact) mass is 476 g/mol. The molecule has 1 aliphatic heterocycles. The normalized spacial score (nSPS) is 15.9. The van der Waals surface area contributed by atoms with E-state index in [1.807, 2.05) is 22.9 Å². The van der Waals surface area contributed by atoms with Crippen molar-refractivity contribution in [3.05, 3.63) is 98.0 Å². The highest BCUT2D eigenvalue weighted by molar-refractivity contribution is 9.10. The Bertz CT molecular complexity index is 1360. The van der Waals surface area contributed by atoms with Crippen LogP contribution in [0.4, 0.5) is 0 Å². The van der Waals surface area contributed by atoms with E-state index in [2.05, 4.69) is 70.2 Å². The predicted octanol–water partition coefficient (Wildman–Crippen LogP) is 4.58. The van der Waals surface area contributed by atoms with E-state index in [9.17, 15) is 9.90 Å². The maximum absolute atomic E-state index is 12.2. The Morgan fingerprint density at radius 3 is 2.74 bits per heavy atom. The molecule has 3 heterocycles. The van der Waals surface area contributed by atoms with Gasteiger partial charge in [-0.2, -0.15) is 5.10 Å². The topological polar surface area (TPSA) is 72.9 Å². The molecule has 2 aromatic carbocycles. The summed E-state index contributed by atoms with van der Waals surface area (Å²) in [5.41, 5.74) is 4.48. The molecule has 0 saturated heterocycles. The molecule has 2 aromatic heterocycles. The van der Waals surface area contributed by atoms with Gasteiger partial charge in [-0.05, 0) is 42.2 Å². The number of hydrogen-bond donors (Lipinski definition) is 1. The van der Waals surface area contributed by atoms with Crippen molar-refractivity contribution >= 4 is 15.9 Å². The minimum Gasteiger partial charge on any atom is -0.503 e. The number of hydrogen-bond acceptors (Lipinski definition) is 4. The molecule has 1 aliphatic rings. The van der Waals surface area contributed by atoms with E-state index in [0.717, 1.165) is 10.0 Å². The van der Waals surface area contributed by atoms with Crippen molar-refractivity contribution in [2.45, 2.75) is 32.4 Å². The average molecular weight is 477 g/mol. The molecule has 31 heavy (non-hydrogen) atoms. The molecule has 0 bridgehead atoms. The molecule has 0 spiro atoms. The molecular weight excluding hydrogens is 456 g/mol. The summed E-state index contributed by atoms with van der Waals surface area (Å²) in [4.78, 5) is 16.6. The van der Waals surface area contributed by atoms with Crippen molar-refractivity contribution in [1.82, 2.24) is 19.3 Å². The highest BCUT2D eigenvalue weighted by Gasteiger charge is 2.36. The van der Waals surface area contributed by atoms with Crippen LogP contribution in [0.5, 0.6) is 5.75 Å². The van der Waals surface area contributed by atoms with Crippen LogP contribution in [0.3, 0.4) is 0 Å². The Labute approximate surface area is 188 Å². The molecular formula is C24H21BrN4O2. The molecule has 0 saturated carbocycles. The van der Waals surface area contributed by atoms with E-state index in [-0.39, 0.29) is 17.7 Å². The fourth-order valence-electron chi connectivity index (χ4n) is 4.52. The van der Waals surface area contributed by atoms with Gasteiger partial charge in [0.2, 0.25) is 5.43 Å². The molecule has 0 unspecified atom stereocenters. The minimum atomic E-state index is -0.509. The third-order valence-electron chi connectivity index (χ3n) is 6.01. The summed E-state index contributed by atoms with van der Waals surface area (Å²) in [6, 6.07) is 14.5. The van der Waals surface area contributed by atoms with Gasteiger partial charge in [0, 0.05) is 29.3 Å². The SMILES string of the molecule is Cc1ccc([C@@H](c2ccccc2C)[C@H]2Cn3ccnc3-c3c(O)c(=O)cnn32)c(Br)c1. The molecule has 7 heteroatoms. The quantitative estimate of drug-likeness (QED) is 0.469. The number of nitrogens with zero attached hydrogens (tertiary/aromatic N) is 4. The van der Waals surface area contributed by atoms with Crippen LogP contribution in [0.2, 0.25) is 0 Å². The van der Waals surface area contributed by atoms with Gasteiger partial charge in [0.15, 0.2) is 11.6 Å². The molecule has 6 nitrogen and oxygen atoms in total. The first-order valence-corrected chi connectivity index (χ1v) is 10.9. The van der Waals surface area contributed by atoms with Crippen molar-refractivity contribution in [3.8, 4) is 17.3 Å². The van der Waals surface area contributed by atoms with Gasteiger partial charge in [0.1, 0.15) is 5.69 Å². The van der Waals surface area contributed by atoms with Crippen LogP contribution >= 0.6 is 15.9 Å². The summed E-state index contributed by atoms with van der Waals surface area (Å²) >= 11 is 3.78. The number of halogens is 1. The Morgan fingerprint density at radius 2 is 1.97 bits per heavy atom. The number of aromatic nitrogens is 4. The van der Waals surface area contributed by atoms with Crippen LogP contribution in [-0.2, 0) is 6.54 Å². The first-order chi connectivity index (χ1) is 15.0. The zero-order valence-corrected chi connectivity index (χ0v) is 18.7. The van der Waals surface area contributed by atoms with Gasteiger partial charge >= 0.3 is 0 Å². The van der Waals surface area contributed by atoms with Gasteiger partial charge in [-0.15, -0.1) is 0 Å². The van der Waals surface area contributed by atoms with Crippen molar-refractivity contribution in [3.63, 3.8) is 0 Å². The van der Waals surface area contributed by atoms with Gasteiger partial charge in [-0.3, -0.25) is 9.48 Å². The zero-order chi connectivity index (χ0) is 21.7. The van der Waals surface area contributed by atoms with Crippen LogP contribution in [0.25, 0.3) is 11.5 Å². The van der Waals surface area contributed by atoms with E-state index < -0.39 is 5.43 Å². The number of benzene rings is 2. The maximum Gasteiger partial charge on any atom is 0.242 e. The lowest BCUT2D eigenvalue weighted by Gasteiger charge is -2.35. The predicted molar refractivity (Wildman–Crippen MR) is 122 cm³/mol. The molecule has 2 atom stereocenters. The van der Waals surface area contributed by atoms with Crippen molar-refractivity contribution in [2.75, 3.05) is 0 Å². The molecule has 0 aliphatic carbocycles. The lowest BCUT2D eigenvalue weighted by molar-refractivity contribution is 0.330. The largest absolute Gasteiger partial charge is 0.503 e. The lowest BCUT2D eigenvalue weighted by atomic mass is 9.82. The second-order valence-corrected chi connectivity index (χ2v) is 8.83. The summed E-state index contributed by atoms with van der Waals surface area (Å²) < 4.78 is 4.76. The number of fused-ring (bicyclic) bond motifs is 3. The Balaban J connectivity index is 1.80. The summed E-state index contributed by atoms with van der Waals surface area (Å²) in [5, 5.41) is 15.1. The molecule has 5 rings (SSSR count). The number of aryl methyl sites for hydroxylation is 2. The number of imidazole rings is 1. The summed E-state index contributed by atoms with van der Waals surface area (Å²) in [5.74, 6) is 0.156. The van der Waals surface area contributed by atoms with Gasteiger partial charge in [-0.1, -0.05) is 52.3 Å². The Morgan fingerprint density at radius 1 is 1.16 bits per heavy atom. The van der Waals surface area contributed by atoms with E-state index in [1.54, 1.807) is 10.9 Å². The van der Waals surface area contributed by atoms with Crippen molar-refractivity contribution in [1.29, 1.82) is 0 Å². The van der Waals surface area contributed by atoms with E-state index in [0.29, 0.717) is 18.1 Å². The van der Waals surface area contributed by atoms with Gasteiger partial charge in [0.25, 0.3) is 0 Å². The molecule has 0 radical (unpaired) electrons. The van der Waals surface area contributed by atoms with Crippen LogP contribution in [0.15, 0.2) is 70.3 Å². The van der Waals surface area contributed by atoms with Crippen LogP contribution < -0.4 is 5.43 Å². The van der Waals surface area contributed by atoms with Crippen molar-refractivity contribution < 1.29 is 5.11 Å². The molecule has 156 valence electrons. The lowest BCUT2D eigenvalue weighted by Crippen LogP contribution is -2.32. The summed E-state index contributed by atoms with van der Waals surface area (Å²) in [6.45, 7) is 4.78. The molecule has 0 fully saturated rings. The first kappa shape index (κ1) is 19.8. The summed E-state index contributed by atoms with van der Waals surface area (Å²) in [7, 11) is 0. The van der Waals surface area contributed by atoms with Crippen LogP contribution in [0.1, 0.15) is 34.2 Å². The van der Waals surface area contributed by atoms with Gasteiger partial charge < -0.3 is 9.67 Å². The van der Waals surface area contributed by atoms with Gasteiger partial charge in [0.05, 0.1) is 12.2 Å². The van der Waals surface area contributed by atoms with Crippen molar-refractivity contribution in [2.24, 2.45) is 0 Å². The maximum atomic E-state index is 12.2. The smallest absolute Gasteiger partial charge is 0.242 e. The second-order valence-electron chi connectivity index (χ2n) is 7.98. The standard InChI is InChI=1S/C24H21BrN4O2/c1-14-7-8-17(18(25)11-14)21(16-6-4-3-5-15(16)2)19-13-28-10-9-26-24(28)22-23(31)20(30)12-27-29(19)22/h3-12,19,21,31H,13H2,1-2H3/t19-,21-/m1/s1. The number of rotatable bonds is 3. The van der Waals surface area contributed by atoms with Gasteiger partial charge in [-0.25, -0.2) is 4.98 Å². The van der Waals surface area contributed by atoms with E-state index in [1.165, 1.54) is 22.9 Å². The first-order valence-electron chi connectivity index (χ1n) is 10.1. The fraction of sp³-hybridized carbons (Fsp3) is 0.208. The van der Waals surface area contributed by atoms with E-state index >= 15 is 0 Å². The Kier molecular flexibility index (Phi) is 4.78.